The lowest BCUT2D eigenvalue weighted by Crippen LogP contribution is -2.43. The van der Waals surface area contributed by atoms with Gasteiger partial charge in [0.15, 0.2) is 0 Å². The van der Waals surface area contributed by atoms with Gasteiger partial charge in [-0.1, -0.05) is 0 Å². The first kappa shape index (κ1) is 18.3. The van der Waals surface area contributed by atoms with Crippen LogP contribution in [0.15, 0.2) is 6.33 Å². The summed E-state index contributed by atoms with van der Waals surface area (Å²) in [7, 11) is 2.13. The molecule has 0 aliphatic carbocycles. The molecule has 1 amide bonds. The molecule has 2 fully saturated rings. The van der Waals surface area contributed by atoms with Gasteiger partial charge in [-0.2, -0.15) is 0 Å². The molecule has 2 aliphatic heterocycles. The van der Waals surface area contributed by atoms with Gasteiger partial charge in [0, 0.05) is 38.1 Å². The highest BCUT2D eigenvalue weighted by molar-refractivity contribution is 5.77. The number of amides is 1. The number of carbonyl (C=O) groups excluding carboxylic acids is 1. The van der Waals surface area contributed by atoms with Gasteiger partial charge < -0.3 is 19.1 Å². The lowest BCUT2D eigenvalue weighted by molar-refractivity contribution is -0.140. The van der Waals surface area contributed by atoms with Crippen LogP contribution in [0.2, 0.25) is 0 Å². The summed E-state index contributed by atoms with van der Waals surface area (Å²) in [5.41, 5.74) is 0. The van der Waals surface area contributed by atoms with Gasteiger partial charge in [-0.15, -0.1) is 10.2 Å². The molecule has 7 heteroatoms. The van der Waals surface area contributed by atoms with Gasteiger partial charge in [-0.3, -0.25) is 4.79 Å². The van der Waals surface area contributed by atoms with Crippen molar-refractivity contribution >= 4 is 5.91 Å². The van der Waals surface area contributed by atoms with Gasteiger partial charge in [-0.25, -0.2) is 0 Å². The third kappa shape index (κ3) is 4.58. The van der Waals surface area contributed by atoms with E-state index in [4.69, 9.17) is 4.74 Å². The molecule has 1 aromatic heterocycles. The summed E-state index contributed by atoms with van der Waals surface area (Å²) in [6.07, 6.45) is 6.13. The van der Waals surface area contributed by atoms with Crippen LogP contribution in [-0.4, -0.2) is 76.4 Å². The highest BCUT2D eigenvalue weighted by Crippen LogP contribution is 2.27. The Morgan fingerprint density at radius 1 is 1.28 bits per heavy atom. The maximum atomic E-state index is 12.6. The summed E-state index contributed by atoms with van der Waals surface area (Å²) in [6, 6.07) is 0.337. The van der Waals surface area contributed by atoms with E-state index < -0.39 is 0 Å². The summed E-state index contributed by atoms with van der Waals surface area (Å²) in [4.78, 5) is 16.8. The normalized spacial score (nSPS) is 23.4. The first-order chi connectivity index (χ1) is 12.0. The lowest BCUT2D eigenvalue weighted by atomic mass is 9.97. The van der Waals surface area contributed by atoms with Crippen LogP contribution < -0.4 is 0 Å². The Labute approximate surface area is 150 Å². The average Bonchev–Trinajstić information content (AvgIpc) is 3.11. The van der Waals surface area contributed by atoms with Crippen LogP contribution in [0.4, 0.5) is 0 Å². The largest absolute Gasteiger partial charge is 0.368 e. The summed E-state index contributed by atoms with van der Waals surface area (Å²) >= 11 is 0. The topological polar surface area (TPSA) is 63.5 Å². The van der Waals surface area contributed by atoms with Crippen molar-refractivity contribution in [1.82, 2.24) is 24.6 Å². The molecule has 0 saturated carbocycles. The Bertz CT molecular complexity index is 566. The third-order valence-electron chi connectivity index (χ3n) is 5.40. The SMILES string of the molecule is CC(C)n1cnnc1C1CCCN(C(=O)COC2CCN(C)CC2)C1. The third-order valence-corrected chi connectivity index (χ3v) is 5.40. The number of aromatic nitrogens is 3. The van der Waals surface area contributed by atoms with Crippen LogP contribution in [0.25, 0.3) is 0 Å². The van der Waals surface area contributed by atoms with E-state index in [9.17, 15) is 4.79 Å². The Kier molecular flexibility index (Phi) is 6.06. The number of rotatable bonds is 5. The molecule has 25 heavy (non-hydrogen) atoms. The highest BCUT2D eigenvalue weighted by atomic mass is 16.5. The predicted molar refractivity (Wildman–Crippen MR) is 95.4 cm³/mol. The maximum absolute atomic E-state index is 12.6. The van der Waals surface area contributed by atoms with Crippen molar-refractivity contribution in [3.63, 3.8) is 0 Å². The Morgan fingerprint density at radius 2 is 2.04 bits per heavy atom. The van der Waals surface area contributed by atoms with Crippen molar-refractivity contribution in [3.8, 4) is 0 Å². The van der Waals surface area contributed by atoms with Gasteiger partial charge in [-0.05, 0) is 46.6 Å². The fourth-order valence-corrected chi connectivity index (χ4v) is 3.79. The first-order valence-electron chi connectivity index (χ1n) is 9.52. The molecule has 1 unspecified atom stereocenters. The molecule has 0 N–H and O–H groups in total. The van der Waals surface area contributed by atoms with Crippen LogP contribution >= 0.6 is 0 Å². The van der Waals surface area contributed by atoms with Crippen molar-refractivity contribution < 1.29 is 9.53 Å². The van der Waals surface area contributed by atoms with Gasteiger partial charge in [0.05, 0.1) is 6.10 Å². The minimum atomic E-state index is 0.110. The quantitative estimate of drug-likeness (QED) is 0.809. The Hall–Kier alpha value is -1.47. The zero-order chi connectivity index (χ0) is 17.8. The molecular weight excluding hydrogens is 318 g/mol. The summed E-state index contributed by atoms with van der Waals surface area (Å²) in [6.45, 7) is 8.12. The molecule has 140 valence electrons. The van der Waals surface area contributed by atoms with Crippen molar-refractivity contribution in [3.05, 3.63) is 12.2 Å². The molecule has 2 saturated heterocycles. The fraction of sp³-hybridized carbons (Fsp3) is 0.833. The molecule has 0 spiro atoms. The zero-order valence-electron chi connectivity index (χ0n) is 15.7. The van der Waals surface area contributed by atoms with Gasteiger partial charge in [0.1, 0.15) is 18.8 Å². The van der Waals surface area contributed by atoms with Crippen molar-refractivity contribution in [2.24, 2.45) is 0 Å². The second kappa shape index (κ2) is 8.27. The van der Waals surface area contributed by atoms with E-state index in [1.54, 1.807) is 6.33 Å². The second-order valence-electron chi connectivity index (χ2n) is 7.68. The lowest BCUT2D eigenvalue weighted by Gasteiger charge is -2.34. The molecular formula is C18H31N5O2. The van der Waals surface area contributed by atoms with E-state index in [1.807, 2.05) is 4.90 Å². The summed E-state index contributed by atoms with van der Waals surface area (Å²) < 4.78 is 8.00. The van der Waals surface area contributed by atoms with Crippen LogP contribution in [0, 0.1) is 0 Å². The Balaban J connectivity index is 1.52. The number of nitrogens with zero attached hydrogens (tertiary/aromatic N) is 5. The van der Waals surface area contributed by atoms with Crippen LogP contribution in [0.1, 0.15) is 57.3 Å². The highest BCUT2D eigenvalue weighted by Gasteiger charge is 2.29. The van der Waals surface area contributed by atoms with Gasteiger partial charge in [0.2, 0.25) is 5.91 Å². The van der Waals surface area contributed by atoms with E-state index >= 15 is 0 Å². The number of hydrogen-bond donors (Lipinski definition) is 0. The fourth-order valence-electron chi connectivity index (χ4n) is 3.79. The Morgan fingerprint density at radius 3 is 2.76 bits per heavy atom. The van der Waals surface area contributed by atoms with Crippen molar-refractivity contribution in [2.75, 3.05) is 39.8 Å². The molecule has 0 radical (unpaired) electrons. The number of carbonyl (C=O) groups is 1. The second-order valence-corrected chi connectivity index (χ2v) is 7.68. The van der Waals surface area contributed by atoms with E-state index in [-0.39, 0.29) is 24.5 Å². The molecule has 2 aliphatic rings. The molecule has 3 rings (SSSR count). The molecule has 1 aromatic rings. The number of hydrogen-bond acceptors (Lipinski definition) is 5. The standard InChI is InChI=1S/C18H31N5O2/c1-14(2)23-13-19-20-18(23)15-5-4-8-22(11-15)17(24)12-25-16-6-9-21(3)10-7-16/h13-16H,4-12H2,1-3H3. The minimum Gasteiger partial charge on any atom is -0.368 e. The maximum Gasteiger partial charge on any atom is 0.248 e. The van der Waals surface area contributed by atoms with Crippen LogP contribution in [-0.2, 0) is 9.53 Å². The monoisotopic (exact) mass is 349 g/mol. The van der Waals surface area contributed by atoms with E-state index in [0.717, 1.165) is 57.7 Å². The van der Waals surface area contributed by atoms with Gasteiger partial charge in [0.25, 0.3) is 0 Å². The summed E-state index contributed by atoms with van der Waals surface area (Å²) in [5.74, 6) is 1.38. The molecule has 7 nitrogen and oxygen atoms in total. The average molecular weight is 349 g/mol. The number of likely N-dealkylation sites (tertiary alicyclic amines) is 2. The van der Waals surface area contributed by atoms with E-state index in [2.05, 4.69) is 40.6 Å². The minimum absolute atomic E-state index is 0.110. The van der Waals surface area contributed by atoms with Crippen LogP contribution in [0.5, 0.6) is 0 Å². The van der Waals surface area contributed by atoms with E-state index in [1.165, 1.54) is 0 Å². The molecule has 0 aromatic carbocycles. The molecule has 3 heterocycles. The van der Waals surface area contributed by atoms with Gasteiger partial charge >= 0.3 is 0 Å². The van der Waals surface area contributed by atoms with Crippen molar-refractivity contribution in [2.45, 2.75) is 57.6 Å². The summed E-state index contributed by atoms with van der Waals surface area (Å²) in [5, 5.41) is 8.39. The van der Waals surface area contributed by atoms with Crippen LogP contribution in [0.3, 0.4) is 0 Å². The predicted octanol–water partition coefficient (Wildman–Crippen LogP) is 1.68. The van der Waals surface area contributed by atoms with Crippen molar-refractivity contribution in [1.29, 1.82) is 0 Å². The number of ether oxygens (including phenoxy) is 1. The molecule has 1 atom stereocenters. The first-order valence-corrected chi connectivity index (χ1v) is 9.52. The zero-order valence-corrected chi connectivity index (χ0v) is 15.7. The number of piperidine rings is 2. The molecule has 0 bridgehead atoms. The smallest absolute Gasteiger partial charge is 0.248 e. The van der Waals surface area contributed by atoms with E-state index in [0.29, 0.717) is 6.04 Å².